The molecular weight excluding hydrogens is 1190 g/mol. The second kappa shape index (κ2) is 23.5. The molecule has 0 spiro atoms. The monoisotopic (exact) mass is 1240 g/mol. The van der Waals surface area contributed by atoms with E-state index in [-0.39, 0.29) is 0 Å². The van der Waals surface area contributed by atoms with Gasteiger partial charge in [0.2, 0.25) is 0 Å². The van der Waals surface area contributed by atoms with Crippen molar-refractivity contribution in [2.24, 2.45) is 0 Å². The van der Waals surface area contributed by atoms with Crippen LogP contribution in [-0.2, 0) is 0 Å². The maximum Gasteiger partial charge on any atom is 0.143 e. The zero-order valence-corrected chi connectivity index (χ0v) is 53.5. The minimum atomic E-state index is 0.915. The molecule has 0 amide bonds. The molecule has 0 atom stereocenters. The van der Waals surface area contributed by atoms with E-state index in [1.807, 2.05) is 24.3 Å². The van der Waals surface area contributed by atoms with E-state index in [4.69, 9.17) is 8.83 Å². The summed E-state index contributed by atoms with van der Waals surface area (Å²) in [4.78, 5) is 0. The van der Waals surface area contributed by atoms with Crippen molar-refractivity contribution in [3.63, 3.8) is 0 Å². The molecule has 20 aromatic rings. The SMILES string of the molecule is c1cc(-c2cccc3ccccc23)cc(-c2c3ccccc3c(-c3ccc(-c4cccc5c4oc4ccccc45)cc3)c3ccccc23)c1.c1cc(-c2cccc3ccccc23)cc(-c2c3ccccc3c(-c3cccc(-c4cccc5c4oc4ccccc45)c3)c3ccccc23)c1. The van der Waals surface area contributed by atoms with Crippen LogP contribution in [-0.4, -0.2) is 0 Å². The number of hydrogen-bond acceptors (Lipinski definition) is 2. The van der Waals surface area contributed by atoms with Crippen molar-refractivity contribution in [3.05, 3.63) is 364 Å². The van der Waals surface area contributed by atoms with Gasteiger partial charge in [-0.05, 0) is 173 Å². The number of hydrogen-bond donors (Lipinski definition) is 0. The van der Waals surface area contributed by atoms with Gasteiger partial charge in [-0.2, -0.15) is 0 Å². The predicted octanol–water partition coefficient (Wildman–Crippen LogP) is 27.4. The lowest BCUT2D eigenvalue weighted by Gasteiger charge is -2.19. The van der Waals surface area contributed by atoms with Crippen molar-refractivity contribution in [1.82, 2.24) is 0 Å². The number of benzene rings is 18. The van der Waals surface area contributed by atoms with Gasteiger partial charge in [-0.15, -0.1) is 0 Å². The van der Waals surface area contributed by atoms with Crippen LogP contribution in [0.1, 0.15) is 0 Å². The second-order valence-corrected chi connectivity index (χ2v) is 25.6. The number of furan rings is 2. The summed E-state index contributed by atoms with van der Waals surface area (Å²) in [5.74, 6) is 0. The summed E-state index contributed by atoms with van der Waals surface area (Å²) < 4.78 is 12.8. The molecule has 2 heteroatoms. The minimum Gasteiger partial charge on any atom is -0.455 e. The van der Waals surface area contributed by atoms with E-state index in [9.17, 15) is 0 Å². The summed E-state index contributed by atoms with van der Waals surface area (Å²) in [6, 6.07) is 132. The lowest BCUT2D eigenvalue weighted by Crippen LogP contribution is -1.91. The van der Waals surface area contributed by atoms with Crippen LogP contribution in [0.15, 0.2) is 373 Å². The van der Waals surface area contributed by atoms with Gasteiger partial charge in [0.05, 0.1) is 0 Å². The van der Waals surface area contributed by atoms with Gasteiger partial charge >= 0.3 is 0 Å². The Morgan fingerprint density at radius 2 is 0.388 bits per heavy atom. The molecule has 2 heterocycles. The van der Waals surface area contributed by atoms with Gasteiger partial charge in [-0.1, -0.05) is 334 Å². The van der Waals surface area contributed by atoms with Gasteiger partial charge in [0, 0.05) is 32.7 Å². The lowest BCUT2D eigenvalue weighted by atomic mass is 9.84. The van der Waals surface area contributed by atoms with Crippen LogP contribution >= 0.6 is 0 Å². The van der Waals surface area contributed by atoms with E-state index in [0.29, 0.717) is 0 Å². The molecule has 18 aromatic carbocycles. The van der Waals surface area contributed by atoms with Crippen molar-refractivity contribution in [3.8, 4) is 89.0 Å². The first-order chi connectivity index (χ1) is 48.6. The van der Waals surface area contributed by atoms with Gasteiger partial charge < -0.3 is 8.83 Å². The van der Waals surface area contributed by atoms with Crippen molar-refractivity contribution in [2.45, 2.75) is 0 Å². The molecule has 0 aliphatic rings. The molecule has 0 unspecified atom stereocenters. The fraction of sp³-hybridized carbons (Fsp3) is 0. The third-order valence-corrected chi connectivity index (χ3v) is 20.1. The highest BCUT2D eigenvalue weighted by atomic mass is 16.3. The third-order valence-electron chi connectivity index (χ3n) is 20.1. The van der Waals surface area contributed by atoms with E-state index >= 15 is 0 Å². The Balaban J connectivity index is 0.000000137. The molecule has 0 aliphatic heterocycles. The molecule has 456 valence electrons. The number of para-hydroxylation sites is 4. The Morgan fingerprint density at radius 3 is 0.776 bits per heavy atom. The summed E-state index contributed by atoms with van der Waals surface area (Å²) in [7, 11) is 0. The van der Waals surface area contributed by atoms with Gasteiger partial charge in [0.25, 0.3) is 0 Å². The second-order valence-electron chi connectivity index (χ2n) is 25.6. The van der Waals surface area contributed by atoms with Gasteiger partial charge in [-0.25, -0.2) is 0 Å². The molecule has 20 rings (SSSR count). The first-order valence-corrected chi connectivity index (χ1v) is 33.7. The summed E-state index contributed by atoms with van der Waals surface area (Å²) in [5.41, 5.74) is 23.0. The zero-order valence-electron chi connectivity index (χ0n) is 53.5. The first kappa shape index (κ1) is 56.6. The van der Waals surface area contributed by atoms with E-state index < -0.39 is 0 Å². The fourth-order valence-electron chi connectivity index (χ4n) is 15.7. The normalized spacial score (nSPS) is 11.7. The Kier molecular flexibility index (Phi) is 13.6. The topological polar surface area (TPSA) is 26.3 Å². The predicted molar refractivity (Wildman–Crippen MR) is 416 cm³/mol. The third kappa shape index (κ3) is 9.48. The largest absolute Gasteiger partial charge is 0.455 e. The van der Waals surface area contributed by atoms with Crippen molar-refractivity contribution >= 4 is 109 Å². The molecule has 0 N–H and O–H groups in total. The van der Waals surface area contributed by atoms with Crippen LogP contribution in [0, 0.1) is 0 Å². The average molecular weight is 1250 g/mol. The average Bonchev–Trinajstić information content (AvgIpc) is 1.02. The molecule has 0 saturated carbocycles. The van der Waals surface area contributed by atoms with Crippen LogP contribution in [0.3, 0.4) is 0 Å². The Hall–Kier alpha value is -12.9. The molecule has 2 aromatic heterocycles. The van der Waals surface area contributed by atoms with Crippen molar-refractivity contribution in [2.75, 3.05) is 0 Å². The highest BCUT2D eigenvalue weighted by Gasteiger charge is 2.22. The molecule has 2 nitrogen and oxygen atoms in total. The van der Waals surface area contributed by atoms with Gasteiger partial charge in [0.1, 0.15) is 22.3 Å². The van der Waals surface area contributed by atoms with E-state index in [1.54, 1.807) is 0 Å². The van der Waals surface area contributed by atoms with Gasteiger partial charge in [-0.3, -0.25) is 0 Å². The summed E-state index contributed by atoms with van der Waals surface area (Å²) in [6.45, 7) is 0. The van der Waals surface area contributed by atoms with Crippen LogP contribution in [0.2, 0.25) is 0 Å². The molecule has 98 heavy (non-hydrogen) atoms. The maximum absolute atomic E-state index is 6.45. The van der Waals surface area contributed by atoms with E-state index in [0.717, 1.165) is 66.1 Å². The molecule has 0 radical (unpaired) electrons. The Labute approximate surface area is 566 Å². The fourth-order valence-corrected chi connectivity index (χ4v) is 15.7. The number of fused-ring (bicyclic) bond motifs is 12. The quantitative estimate of drug-likeness (QED) is 0.142. The highest BCUT2D eigenvalue weighted by molar-refractivity contribution is 6.24. The molecule has 0 aliphatic carbocycles. The number of rotatable bonds is 8. The lowest BCUT2D eigenvalue weighted by molar-refractivity contribution is 0.669. The first-order valence-electron chi connectivity index (χ1n) is 33.7. The van der Waals surface area contributed by atoms with Gasteiger partial charge in [0.15, 0.2) is 0 Å². The Bertz CT molecular complexity index is 6430. The van der Waals surface area contributed by atoms with Crippen molar-refractivity contribution in [1.29, 1.82) is 0 Å². The molecule has 0 bridgehead atoms. The standard InChI is InChI=1S/2C48H30O/c1-2-19-36-31(13-1)14-11-25-37(36)32-15-9-17-34(29-32)46-40-21-3-5-23-42(40)47(43-24-6-4-22-41(43)46)35-18-10-16-33(30-35)38-26-12-27-44-39-20-7-8-28-45(39)49-48(38)44;1-2-16-36-31(12-1)13-10-22-37(36)34-14-9-15-35(30-34)47-42-20-5-3-18-40(42)46(41-19-4-6-21-43(41)47)33-28-26-32(27-29-33)38-23-11-24-44-39-17-7-8-25-45(39)49-48(38)44/h2*1-30H. The van der Waals surface area contributed by atoms with Crippen LogP contribution in [0.5, 0.6) is 0 Å². The van der Waals surface area contributed by atoms with E-state index in [2.05, 4.69) is 340 Å². The molecule has 0 fully saturated rings. The summed E-state index contributed by atoms with van der Waals surface area (Å²) in [6.07, 6.45) is 0. The minimum absolute atomic E-state index is 0.915. The van der Waals surface area contributed by atoms with Crippen molar-refractivity contribution < 1.29 is 8.83 Å². The van der Waals surface area contributed by atoms with Crippen LogP contribution in [0.25, 0.3) is 198 Å². The zero-order chi connectivity index (χ0) is 64.6. The van der Waals surface area contributed by atoms with E-state index in [1.165, 1.54) is 131 Å². The molecule has 0 saturated heterocycles. The Morgan fingerprint density at radius 1 is 0.143 bits per heavy atom. The summed E-state index contributed by atoms with van der Waals surface area (Å²) in [5, 5.41) is 19.6. The maximum atomic E-state index is 6.45. The van der Waals surface area contributed by atoms with Crippen LogP contribution < -0.4 is 0 Å². The highest BCUT2D eigenvalue weighted by Crippen LogP contribution is 2.49. The summed E-state index contributed by atoms with van der Waals surface area (Å²) >= 11 is 0. The molecular formula is C96H60O2. The smallest absolute Gasteiger partial charge is 0.143 e. The van der Waals surface area contributed by atoms with Crippen LogP contribution in [0.4, 0.5) is 0 Å².